The van der Waals surface area contributed by atoms with Gasteiger partial charge in [-0.25, -0.2) is 13.2 Å². The molecule has 3 aromatic rings. The van der Waals surface area contributed by atoms with Gasteiger partial charge in [0.1, 0.15) is 17.6 Å². The average Bonchev–Trinajstić information content (AvgIpc) is 3.32. The molecule has 0 radical (unpaired) electrons. The van der Waals surface area contributed by atoms with E-state index in [1.165, 1.54) is 25.1 Å². The molecule has 45 heavy (non-hydrogen) atoms. The highest BCUT2D eigenvalue weighted by Gasteiger charge is 2.51. The van der Waals surface area contributed by atoms with E-state index in [1.54, 1.807) is 30.3 Å². The first-order valence-corrected chi connectivity index (χ1v) is 13.7. The van der Waals surface area contributed by atoms with Crippen LogP contribution in [0, 0.1) is 12.7 Å². The molecule has 14 heteroatoms. The number of amides is 3. The number of aliphatic hydroxyl groups is 1. The van der Waals surface area contributed by atoms with Gasteiger partial charge in [0.15, 0.2) is 6.10 Å². The zero-order chi connectivity index (χ0) is 33.1. The van der Waals surface area contributed by atoms with Gasteiger partial charge in [0.25, 0.3) is 17.7 Å². The van der Waals surface area contributed by atoms with Gasteiger partial charge in [0.05, 0.1) is 18.2 Å². The number of alkyl halides is 5. The second kappa shape index (κ2) is 13.2. The van der Waals surface area contributed by atoms with Crippen LogP contribution in [-0.4, -0.2) is 63.5 Å². The van der Waals surface area contributed by atoms with E-state index in [0.29, 0.717) is 10.5 Å². The number of phenols is 1. The van der Waals surface area contributed by atoms with Crippen molar-refractivity contribution in [2.45, 2.75) is 56.6 Å². The molecule has 4 N–H and O–H groups in total. The van der Waals surface area contributed by atoms with Crippen LogP contribution in [0.1, 0.15) is 39.0 Å². The number of halogens is 6. The van der Waals surface area contributed by atoms with Crippen LogP contribution >= 0.6 is 0 Å². The summed E-state index contributed by atoms with van der Waals surface area (Å²) in [6.45, 7) is -0.614. The van der Waals surface area contributed by atoms with E-state index >= 15 is 0 Å². The molecule has 1 aliphatic rings. The minimum absolute atomic E-state index is 0.0247. The number of likely N-dealkylation sites (tertiary alicyclic amines) is 1. The van der Waals surface area contributed by atoms with Gasteiger partial charge in [-0.2, -0.15) is 13.2 Å². The van der Waals surface area contributed by atoms with Crippen molar-refractivity contribution in [3.8, 4) is 5.75 Å². The van der Waals surface area contributed by atoms with E-state index in [9.17, 15) is 50.9 Å². The second-order valence-corrected chi connectivity index (χ2v) is 10.7. The first-order chi connectivity index (χ1) is 21.1. The summed E-state index contributed by atoms with van der Waals surface area (Å²) < 4.78 is 82.8. The first-order valence-electron chi connectivity index (χ1n) is 13.7. The van der Waals surface area contributed by atoms with Crippen LogP contribution in [0.3, 0.4) is 0 Å². The second-order valence-electron chi connectivity index (χ2n) is 10.7. The third kappa shape index (κ3) is 7.93. The first kappa shape index (κ1) is 33.3. The van der Waals surface area contributed by atoms with E-state index < -0.39 is 84.5 Å². The van der Waals surface area contributed by atoms with Crippen LogP contribution in [0.15, 0.2) is 66.7 Å². The lowest BCUT2D eigenvalue weighted by Crippen LogP contribution is -2.56. The molecular formula is C31H29F6N3O5. The quantitative estimate of drug-likeness (QED) is 0.264. The Morgan fingerprint density at radius 3 is 2.40 bits per heavy atom. The standard InChI is InChI=1S/C31H29F6N3O5/c1-17-21(8-5-9-25(17)41)27(43)39-23(12-18-6-3-2-4-7-18)26(42)29(45)40-16-30(33,34)14-24(40)28(44)38-15-19-10-11-20(32)13-22(19)31(35,36)37/h2-11,13,23-24,26,41-42H,12,14-16H2,1H3,(H,38,44)(H,39,43)/t23-,24-,26-/m0/s1. The Bertz CT molecular complexity index is 1570. The third-order valence-corrected chi connectivity index (χ3v) is 7.48. The molecule has 0 unspecified atom stereocenters. The minimum Gasteiger partial charge on any atom is -0.508 e. The molecule has 3 amide bonds. The van der Waals surface area contributed by atoms with Gasteiger partial charge in [0, 0.05) is 24.1 Å². The molecule has 8 nitrogen and oxygen atoms in total. The van der Waals surface area contributed by atoms with Crippen LogP contribution in [0.25, 0.3) is 0 Å². The Labute approximate surface area is 253 Å². The molecule has 240 valence electrons. The number of carbonyl (C=O) groups is 3. The molecule has 1 aliphatic heterocycles. The van der Waals surface area contributed by atoms with Crippen LogP contribution in [0.2, 0.25) is 0 Å². The molecular weight excluding hydrogens is 608 g/mol. The molecule has 0 aliphatic carbocycles. The van der Waals surface area contributed by atoms with Gasteiger partial charge < -0.3 is 25.7 Å². The van der Waals surface area contributed by atoms with Crippen molar-refractivity contribution < 1.29 is 50.9 Å². The molecule has 0 aromatic heterocycles. The summed E-state index contributed by atoms with van der Waals surface area (Å²) in [5.74, 6) is -8.26. The topological polar surface area (TPSA) is 119 Å². The molecule has 4 rings (SSSR count). The zero-order valence-corrected chi connectivity index (χ0v) is 23.7. The fourth-order valence-electron chi connectivity index (χ4n) is 5.12. The molecule has 0 bridgehead atoms. The Kier molecular flexibility index (Phi) is 9.76. The van der Waals surface area contributed by atoms with E-state index in [-0.39, 0.29) is 29.4 Å². The third-order valence-electron chi connectivity index (χ3n) is 7.48. The number of nitrogens with one attached hydrogen (secondary N) is 2. The Morgan fingerprint density at radius 2 is 1.73 bits per heavy atom. The zero-order valence-electron chi connectivity index (χ0n) is 23.7. The number of benzene rings is 3. The Morgan fingerprint density at radius 1 is 1.04 bits per heavy atom. The monoisotopic (exact) mass is 637 g/mol. The smallest absolute Gasteiger partial charge is 0.416 e. The van der Waals surface area contributed by atoms with E-state index in [0.717, 1.165) is 12.1 Å². The van der Waals surface area contributed by atoms with Crippen molar-refractivity contribution in [1.29, 1.82) is 0 Å². The van der Waals surface area contributed by atoms with E-state index in [4.69, 9.17) is 0 Å². The molecule has 3 atom stereocenters. The molecule has 1 saturated heterocycles. The fourth-order valence-corrected chi connectivity index (χ4v) is 5.12. The Balaban J connectivity index is 1.56. The van der Waals surface area contributed by atoms with Gasteiger partial charge >= 0.3 is 6.18 Å². The van der Waals surface area contributed by atoms with Crippen molar-refractivity contribution >= 4 is 17.7 Å². The number of rotatable bonds is 9. The summed E-state index contributed by atoms with van der Waals surface area (Å²) in [7, 11) is 0. The Hall–Kier alpha value is -4.59. The lowest BCUT2D eigenvalue weighted by molar-refractivity contribution is -0.147. The number of phenolic OH excluding ortho intramolecular Hbond substituents is 1. The lowest BCUT2D eigenvalue weighted by Gasteiger charge is -2.30. The maximum absolute atomic E-state index is 14.6. The number of aromatic hydroxyl groups is 1. The number of aliphatic hydroxyl groups excluding tert-OH is 1. The summed E-state index contributed by atoms with van der Waals surface area (Å²) >= 11 is 0. The van der Waals surface area contributed by atoms with Gasteiger partial charge in [-0.1, -0.05) is 42.5 Å². The summed E-state index contributed by atoms with van der Waals surface area (Å²) in [5, 5.41) is 25.8. The lowest BCUT2D eigenvalue weighted by atomic mass is 9.98. The minimum atomic E-state index is -4.97. The predicted molar refractivity (Wildman–Crippen MR) is 149 cm³/mol. The highest BCUT2D eigenvalue weighted by Crippen LogP contribution is 2.34. The number of nitrogens with zero attached hydrogens (tertiary/aromatic N) is 1. The van der Waals surface area contributed by atoms with Crippen LogP contribution in [-0.2, 0) is 28.7 Å². The molecule has 0 saturated carbocycles. The summed E-state index contributed by atoms with van der Waals surface area (Å²) in [6.07, 6.45) is -8.41. The van der Waals surface area contributed by atoms with Gasteiger partial charge in [-0.15, -0.1) is 0 Å². The van der Waals surface area contributed by atoms with Gasteiger partial charge in [0.2, 0.25) is 5.91 Å². The number of hydrogen-bond donors (Lipinski definition) is 4. The van der Waals surface area contributed by atoms with E-state index in [2.05, 4.69) is 10.6 Å². The summed E-state index contributed by atoms with van der Waals surface area (Å²) in [6, 6.07) is 11.0. The van der Waals surface area contributed by atoms with Crippen LogP contribution < -0.4 is 10.6 Å². The van der Waals surface area contributed by atoms with E-state index in [1.807, 2.05) is 0 Å². The van der Waals surface area contributed by atoms with Crippen molar-refractivity contribution in [3.05, 3.63) is 100 Å². The van der Waals surface area contributed by atoms with Gasteiger partial charge in [-0.05, 0) is 48.7 Å². The maximum atomic E-state index is 14.6. The predicted octanol–water partition coefficient (Wildman–Crippen LogP) is 4.11. The van der Waals surface area contributed by atoms with Crippen LogP contribution in [0.4, 0.5) is 26.3 Å². The summed E-state index contributed by atoms with van der Waals surface area (Å²) in [5.41, 5.74) is -1.11. The van der Waals surface area contributed by atoms with Crippen molar-refractivity contribution in [1.82, 2.24) is 15.5 Å². The van der Waals surface area contributed by atoms with Gasteiger partial charge in [-0.3, -0.25) is 14.4 Å². The van der Waals surface area contributed by atoms with Crippen molar-refractivity contribution in [2.24, 2.45) is 0 Å². The number of carbonyl (C=O) groups excluding carboxylic acids is 3. The maximum Gasteiger partial charge on any atom is 0.416 e. The normalized spacial score (nSPS) is 17.4. The molecule has 1 fully saturated rings. The molecule has 0 spiro atoms. The largest absolute Gasteiger partial charge is 0.508 e. The van der Waals surface area contributed by atoms with Crippen molar-refractivity contribution in [2.75, 3.05) is 6.54 Å². The molecule has 1 heterocycles. The highest BCUT2D eigenvalue weighted by molar-refractivity contribution is 5.97. The SMILES string of the molecule is Cc1c(O)cccc1C(=O)N[C@@H](Cc1ccccc1)[C@H](O)C(=O)N1CC(F)(F)C[C@H]1C(=O)NCc1ccc(F)cc1C(F)(F)F. The highest BCUT2D eigenvalue weighted by atomic mass is 19.4. The summed E-state index contributed by atoms with van der Waals surface area (Å²) in [4.78, 5) is 40.1. The van der Waals surface area contributed by atoms with Crippen LogP contribution in [0.5, 0.6) is 5.75 Å². The molecule has 3 aromatic carbocycles. The van der Waals surface area contributed by atoms with Crippen molar-refractivity contribution in [3.63, 3.8) is 0 Å². The fraction of sp³-hybridized carbons (Fsp3) is 0.323. The number of hydrogen-bond acceptors (Lipinski definition) is 5. The average molecular weight is 638 g/mol.